The summed E-state index contributed by atoms with van der Waals surface area (Å²) in [6.07, 6.45) is 4.69. The van der Waals surface area contributed by atoms with Gasteiger partial charge in [-0.15, -0.1) is 0 Å². The van der Waals surface area contributed by atoms with Crippen molar-refractivity contribution in [2.75, 3.05) is 31.1 Å². The van der Waals surface area contributed by atoms with Crippen molar-refractivity contribution >= 4 is 17.4 Å². The van der Waals surface area contributed by atoms with Crippen molar-refractivity contribution in [2.24, 2.45) is 13.0 Å². The van der Waals surface area contributed by atoms with E-state index in [1.807, 2.05) is 4.90 Å². The number of nitrogens with zero attached hydrogens (tertiary/aromatic N) is 5. The van der Waals surface area contributed by atoms with Gasteiger partial charge in [0.1, 0.15) is 5.69 Å². The number of aromatic nitrogens is 2. The maximum Gasteiger partial charge on any atom is 0.333 e. The summed E-state index contributed by atoms with van der Waals surface area (Å²) in [5.41, 5.74) is 0.570. The molecule has 0 aliphatic carbocycles. The number of nitro groups is 1. The fourth-order valence-corrected chi connectivity index (χ4v) is 3.90. The zero-order valence-electron chi connectivity index (χ0n) is 14.4. The minimum Gasteiger partial charge on any atom is -0.351 e. The van der Waals surface area contributed by atoms with Gasteiger partial charge in [-0.1, -0.05) is 0 Å². The third-order valence-electron chi connectivity index (χ3n) is 5.16. The first kappa shape index (κ1) is 16.7. The normalized spacial score (nSPS) is 19.8. The monoisotopic (exact) mass is 335 g/mol. The topological polar surface area (TPSA) is 84.5 Å². The molecule has 0 radical (unpaired) electrons. The van der Waals surface area contributed by atoms with Gasteiger partial charge in [-0.25, -0.2) is 4.68 Å². The average Bonchev–Trinajstić information content (AvgIpc) is 2.85. The molecule has 2 saturated heterocycles. The number of anilines is 1. The van der Waals surface area contributed by atoms with Crippen LogP contribution in [0.15, 0.2) is 0 Å². The molecule has 1 aromatic rings. The first-order chi connectivity index (χ1) is 11.5. The lowest BCUT2D eigenvalue weighted by molar-refractivity contribution is -0.384. The first-order valence-electron chi connectivity index (χ1n) is 8.68. The summed E-state index contributed by atoms with van der Waals surface area (Å²) in [5, 5.41) is 15.6. The van der Waals surface area contributed by atoms with E-state index < -0.39 is 0 Å². The number of hydrogen-bond donors (Lipinski definition) is 0. The van der Waals surface area contributed by atoms with Crippen LogP contribution in [0.5, 0.6) is 0 Å². The summed E-state index contributed by atoms with van der Waals surface area (Å²) in [6.45, 7) is 4.93. The van der Waals surface area contributed by atoms with E-state index in [0.717, 1.165) is 51.9 Å². The van der Waals surface area contributed by atoms with Crippen LogP contribution in [0.1, 0.15) is 37.8 Å². The summed E-state index contributed by atoms with van der Waals surface area (Å²) in [7, 11) is 1.76. The molecule has 3 rings (SSSR count). The van der Waals surface area contributed by atoms with Crippen LogP contribution < -0.4 is 4.90 Å². The number of amides is 1. The lowest BCUT2D eigenvalue weighted by atomic mass is 9.95. The molecular weight excluding hydrogens is 310 g/mol. The second-order valence-electron chi connectivity index (χ2n) is 6.87. The molecule has 0 saturated carbocycles. The average molecular weight is 335 g/mol. The molecule has 0 bridgehead atoms. The standard InChI is InChI=1S/C16H25N5O3/c1-12-15(21(23)24)16(18(2)17-12)19-9-6-13(7-10-19)11-20-8-4-3-5-14(20)22/h13H,3-11H2,1-2H3. The lowest BCUT2D eigenvalue weighted by Crippen LogP contribution is -2.43. The van der Waals surface area contributed by atoms with Gasteiger partial charge in [-0.3, -0.25) is 14.9 Å². The van der Waals surface area contributed by atoms with Crippen molar-refractivity contribution in [1.29, 1.82) is 0 Å². The predicted octanol–water partition coefficient (Wildman–Crippen LogP) is 1.87. The van der Waals surface area contributed by atoms with Crippen LogP contribution >= 0.6 is 0 Å². The fraction of sp³-hybridized carbons (Fsp3) is 0.750. The Morgan fingerprint density at radius 1 is 1.25 bits per heavy atom. The Labute approximate surface area is 141 Å². The Morgan fingerprint density at radius 3 is 2.58 bits per heavy atom. The van der Waals surface area contributed by atoms with Crippen molar-refractivity contribution < 1.29 is 9.72 Å². The number of hydrogen-bond acceptors (Lipinski definition) is 5. The number of piperidine rings is 2. The van der Waals surface area contributed by atoms with Gasteiger partial charge >= 0.3 is 5.69 Å². The first-order valence-corrected chi connectivity index (χ1v) is 8.68. The SMILES string of the molecule is Cc1nn(C)c(N2CCC(CN3CCCCC3=O)CC2)c1[N+](=O)[O-]. The van der Waals surface area contributed by atoms with Crippen molar-refractivity contribution in [3.63, 3.8) is 0 Å². The van der Waals surface area contributed by atoms with Crippen LogP contribution in [0.2, 0.25) is 0 Å². The molecule has 0 aromatic carbocycles. The summed E-state index contributed by atoms with van der Waals surface area (Å²) in [6, 6.07) is 0. The van der Waals surface area contributed by atoms with Gasteiger partial charge in [-0.05, 0) is 38.5 Å². The fourth-order valence-electron chi connectivity index (χ4n) is 3.90. The molecule has 2 aliphatic heterocycles. The lowest BCUT2D eigenvalue weighted by Gasteiger charge is -2.36. The number of rotatable bonds is 4. The summed E-state index contributed by atoms with van der Waals surface area (Å²) in [4.78, 5) is 27.0. The zero-order valence-corrected chi connectivity index (χ0v) is 14.4. The molecule has 0 spiro atoms. The highest BCUT2D eigenvalue weighted by Crippen LogP contribution is 2.33. The maximum atomic E-state index is 11.9. The Bertz CT molecular complexity index is 634. The molecular formula is C16H25N5O3. The van der Waals surface area contributed by atoms with Gasteiger partial charge in [0, 0.05) is 39.6 Å². The van der Waals surface area contributed by atoms with Crippen LogP contribution in [-0.2, 0) is 11.8 Å². The van der Waals surface area contributed by atoms with Crippen LogP contribution in [0.4, 0.5) is 11.5 Å². The van der Waals surface area contributed by atoms with Gasteiger partial charge in [0.25, 0.3) is 0 Å². The molecule has 3 heterocycles. The third kappa shape index (κ3) is 3.22. The van der Waals surface area contributed by atoms with E-state index in [4.69, 9.17) is 0 Å². The molecule has 0 N–H and O–H groups in total. The molecule has 24 heavy (non-hydrogen) atoms. The highest BCUT2D eigenvalue weighted by atomic mass is 16.6. The number of carbonyl (C=O) groups excluding carboxylic acids is 1. The zero-order chi connectivity index (χ0) is 17.3. The van der Waals surface area contributed by atoms with Crippen molar-refractivity contribution in [2.45, 2.75) is 39.0 Å². The van der Waals surface area contributed by atoms with E-state index in [-0.39, 0.29) is 16.5 Å². The quantitative estimate of drug-likeness (QED) is 0.619. The van der Waals surface area contributed by atoms with E-state index in [2.05, 4.69) is 10.00 Å². The molecule has 1 aromatic heterocycles. The second kappa shape index (κ2) is 6.78. The molecule has 0 atom stereocenters. The molecule has 132 valence electrons. The predicted molar refractivity (Wildman–Crippen MR) is 90.0 cm³/mol. The molecule has 1 amide bonds. The molecule has 0 unspecified atom stereocenters. The summed E-state index contributed by atoms with van der Waals surface area (Å²) < 4.78 is 1.61. The van der Waals surface area contributed by atoms with Gasteiger partial charge in [0.2, 0.25) is 11.7 Å². The molecule has 2 fully saturated rings. The summed E-state index contributed by atoms with van der Waals surface area (Å²) >= 11 is 0. The Morgan fingerprint density at radius 2 is 1.96 bits per heavy atom. The highest BCUT2D eigenvalue weighted by molar-refractivity contribution is 5.76. The van der Waals surface area contributed by atoms with E-state index in [9.17, 15) is 14.9 Å². The largest absolute Gasteiger partial charge is 0.351 e. The van der Waals surface area contributed by atoms with Crippen LogP contribution in [0, 0.1) is 23.0 Å². The second-order valence-corrected chi connectivity index (χ2v) is 6.87. The Kier molecular flexibility index (Phi) is 4.73. The van der Waals surface area contributed by atoms with E-state index in [1.165, 1.54) is 0 Å². The van der Waals surface area contributed by atoms with Gasteiger partial charge in [0.05, 0.1) is 4.92 Å². The molecule has 8 nitrogen and oxygen atoms in total. The number of carbonyl (C=O) groups is 1. The van der Waals surface area contributed by atoms with Crippen molar-refractivity contribution in [3.8, 4) is 0 Å². The maximum absolute atomic E-state index is 11.9. The van der Waals surface area contributed by atoms with Crippen LogP contribution in [-0.4, -0.2) is 51.7 Å². The van der Waals surface area contributed by atoms with Crippen LogP contribution in [0.25, 0.3) is 0 Å². The third-order valence-corrected chi connectivity index (χ3v) is 5.16. The summed E-state index contributed by atoms with van der Waals surface area (Å²) in [5.74, 6) is 1.36. The smallest absolute Gasteiger partial charge is 0.333 e. The van der Waals surface area contributed by atoms with Crippen molar-refractivity contribution in [3.05, 3.63) is 15.8 Å². The van der Waals surface area contributed by atoms with E-state index in [0.29, 0.717) is 23.9 Å². The highest BCUT2D eigenvalue weighted by Gasteiger charge is 2.32. The minimum atomic E-state index is -0.337. The van der Waals surface area contributed by atoms with Gasteiger partial charge in [0.15, 0.2) is 0 Å². The van der Waals surface area contributed by atoms with Crippen molar-refractivity contribution in [1.82, 2.24) is 14.7 Å². The number of likely N-dealkylation sites (tertiary alicyclic amines) is 1. The number of aryl methyl sites for hydroxylation is 2. The van der Waals surface area contributed by atoms with E-state index >= 15 is 0 Å². The molecule has 8 heteroatoms. The van der Waals surface area contributed by atoms with Gasteiger partial charge in [-0.2, -0.15) is 5.10 Å². The Hall–Kier alpha value is -2.12. The molecule has 2 aliphatic rings. The van der Waals surface area contributed by atoms with Gasteiger partial charge < -0.3 is 9.80 Å². The Balaban J connectivity index is 1.63. The van der Waals surface area contributed by atoms with E-state index in [1.54, 1.807) is 18.7 Å². The minimum absolute atomic E-state index is 0.113. The van der Waals surface area contributed by atoms with Crippen LogP contribution in [0.3, 0.4) is 0 Å².